The summed E-state index contributed by atoms with van der Waals surface area (Å²) in [5.41, 5.74) is 1.98. The molecule has 1 amide bonds. The van der Waals surface area contributed by atoms with Crippen molar-refractivity contribution in [3.63, 3.8) is 0 Å². The third-order valence-electron chi connectivity index (χ3n) is 3.29. The third kappa shape index (κ3) is 4.06. The number of amides is 1. The monoisotopic (exact) mass is 314 g/mol. The number of methoxy groups -OCH3 is 2. The maximum atomic E-state index is 12.0. The van der Waals surface area contributed by atoms with Gasteiger partial charge in [-0.05, 0) is 31.2 Å². The molecule has 0 saturated heterocycles. The van der Waals surface area contributed by atoms with E-state index in [4.69, 9.17) is 4.74 Å². The van der Waals surface area contributed by atoms with Gasteiger partial charge in [-0.15, -0.1) is 0 Å². The van der Waals surface area contributed by atoms with Gasteiger partial charge in [-0.3, -0.25) is 9.78 Å². The predicted molar refractivity (Wildman–Crippen MR) is 85.2 cm³/mol. The van der Waals surface area contributed by atoms with Crippen molar-refractivity contribution in [1.82, 2.24) is 10.3 Å². The van der Waals surface area contributed by atoms with E-state index in [-0.39, 0.29) is 5.91 Å². The first kappa shape index (κ1) is 16.5. The molecular weight excluding hydrogens is 296 g/mol. The van der Waals surface area contributed by atoms with Crippen LogP contribution in [0, 0.1) is 0 Å². The molecule has 1 N–H and O–H groups in total. The lowest BCUT2D eigenvalue weighted by molar-refractivity contribution is -0.142. The number of benzene rings is 1. The number of carbonyl (C=O) groups is 2. The first-order chi connectivity index (χ1) is 11.0. The number of hydrogen-bond acceptors (Lipinski definition) is 5. The molecule has 0 fully saturated rings. The smallest absolute Gasteiger partial charge is 0.328 e. The van der Waals surface area contributed by atoms with Crippen LogP contribution in [0.25, 0.3) is 11.3 Å². The van der Waals surface area contributed by atoms with Crippen LogP contribution >= 0.6 is 0 Å². The molecule has 1 unspecified atom stereocenters. The number of nitrogens with one attached hydrogen (secondary N) is 1. The van der Waals surface area contributed by atoms with Crippen LogP contribution in [0.4, 0.5) is 0 Å². The van der Waals surface area contributed by atoms with E-state index in [9.17, 15) is 9.59 Å². The van der Waals surface area contributed by atoms with Gasteiger partial charge in [-0.2, -0.15) is 0 Å². The summed E-state index contributed by atoms with van der Waals surface area (Å²) < 4.78 is 9.75. The molecule has 0 aliphatic rings. The average Bonchev–Trinajstić information content (AvgIpc) is 2.61. The number of carbonyl (C=O) groups excluding carboxylic acids is 2. The molecule has 0 saturated carbocycles. The van der Waals surface area contributed by atoms with Gasteiger partial charge in [-0.1, -0.05) is 12.1 Å². The molecule has 0 bridgehead atoms. The first-order valence-corrected chi connectivity index (χ1v) is 7.04. The molecule has 0 spiro atoms. The highest BCUT2D eigenvalue weighted by Gasteiger charge is 2.17. The Labute approximate surface area is 134 Å². The van der Waals surface area contributed by atoms with Gasteiger partial charge in [-0.25, -0.2) is 4.79 Å². The second-order valence-corrected chi connectivity index (χ2v) is 4.88. The number of pyridine rings is 1. The summed E-state index contributed by atoms with van der Waals surface area (Å²) in [4.78, 5) is 27.6. The second-order valence-electron chi connectivity index (χ2n) is 4.88. The van der Waals surface area contributed by atoms with Crippen LogP contribution in [0.15, 0.2) is 42.6 Å². The van der Waals surface area contributed by atoms with E-state index in [1.54, 1.807) is 26.2 Å². The van der Waals surface area contributed by atoms with E-state index in [2.05, 4.69) is 15.0 Å². The first-order valence-electron chi connectivity index (χ1n) is 7.04. The molecule has 6 heteroatoms. The maximum Gasteiger partial charge on any atom is 0.328 e. The van der Waals surface area contributed by atoms with Crippen LogP contribution in [0.2, 0.25) is 0 Å². The Morgan fingerprint density at radius 3 is 2.57 bits per heavy atom. The minimum Gasteiger partial charge on any atom is -0.497 e. The van der Waals surface area contributed by atoms with Crippen LogP contribution in [0.1, 0.15) is 17.3 Å². The number of rotatable bonds is 5. The van der Waals surface area contributed by atoms with Crippen molar-refractivity contribution in [3.05, 3.63) is 48.2 Å². The van der Waals surface area contributed by atoms with Crippen molar-refractivity contribution in [1.29, 1.82) is 0 Å². The highest BCUT2D eigenvalue weighted by molar-refractivity contribution is 5.96. The molecule has 2 rings (SSSR count). The summed E-state index contributed by atoms with van der Waals surface area (Å²) in [7, 11) is 2.87. The van der Waals surface area contributed by atoms with Crippen molar-refractivity contribution in [2.24, 2.45) is 0 Å². The van der Waals surface area contributed by atoms with Crippen LogP contribution in [0.3, 0.4) is 0 Å². The zero-order chi connectivity index (χ0) is 16.8. The Morgan fingerprint density at radius 2 is 1.96 bits per heavy atom. The summed E-state index contributed by atoms with van der Waals surface area (Å²) in [6, 6.07) is 10.2. The van der Waals surface area contributed by atoms with Crippen molar-refractivity contribution in [2.75, 3.05) is 14.2 Å². The quantitative estimate of drug-likeness (QED) is 0.855. The van der Waals surface area contributed by atoms with Gasteiger partial charge in [0.1, 0.15) is 11.8 Å². The molecule has 0 radical (unpaired) electrons. The zero-order valence-electron chi connectivity index (χ0n) is 13.2. The van der Waals surface area contributed by atoms with Crippen molar-refractivity contribution < 1.29 is 19.1 Å². The third-order valence-corrected chi connectivity index (χ3v) is 3.29. The van der Waals surface area contributed by atoms with E-state index in [0.717, 1.165) is 17.0 Å². The van der Waals surface area contributed by atoms with Crippen molar-refractivity contribution >= 4 is 11.9 Å². The summed E-state index contributed by atoms with van der Waals surface area (Å²) >= 11 is 0. The van der Waals surface area contributed by atoms with Crippen LogP contribution in [-0.4, -0.2) is 37.1 Å². The Hall–Kier alpha value is -2.89. The van der Waals surface area contributed by atoms with Gasteiger partial charge < -0.3 is 14.8 Å². The second kappa shape index (κ2) is 7.40. The molecule has 23 heavy (non-hydrogen) atoms. The van der Waals surface area contributed by atoms with Gasteiger partial charge in [0.15, 0.2) is 0 Å². The number of ether oxygens (including phenoxy) is 2. The molecule has 1 heterocycles. The Morgan fingerprint density at radius 1 is 1.17 bits per heavy atom. The van der Waals surface area contributed by atoms with E-state index >= 15 is 0 Å². The topological polar surface area (TPSA) is 77.5 Å². The minimum atomic E-state index is -0.717. The summed E-state index contributed by atoms with van der Waals surface area (Å²) in [5, 5.41) is 2.55. The molecule has 2 aromatic rings. The highest BCUT2D eigenvalue weighted by atomic mass is 16.5. The summed E-state index contributed by atoms with van der Waals surface area (Å²) in [6.07, 6.45) is 1.47. The van der Waals surface area contributed by atoms with Crippen LogP contribution in [0.5, 0.6) is 5.75 Å². The van der Waals surface area contributed by atoms with Gasteiger partial charge >= 0.3 is 5.97 Å². The largest absolute Gasteiger partial charge is 0.497 e. The number of hydrogen-bond donors (Lipinski definition) is 1. The summed E-state index contributed by atoms with van der Waals surface area (Å²) in [5.74, 6) is -0.148. The number of esters is 1. The Balaban J connectivity index is 2.12. The standard InChI is InChI=1S/C17H18N2O4/c1-11(17(21)23-3)19-16(20)13-7-8-15(18-10-13)12-5-4-6-14(9-12)22-2/h4-11H,1-3H3,(H,19,20). The molecule has 6 nitrogen and oxygen atoms in total. The van der Waals surface area contributed by atoms with Crippen molar-refractivity contribution in [3.8, 4) is 17.0 Å². The average molecular weight is 314 g/mol. The Bertz CT molecular complexity index is 698. The molecule has 1 aromatic carbocycles. The predicted octanol–water partition coefficient (Wildman–Crippen LogP) is 2.05. The minimum absolute atomic E-state index is 0.368. The molecule has 0 aliphatic carbocycles. The van der Waals surface area contributed by atoms with E-state index in [1.807, 2.05) is 24.3 Å². The summed E-state index contributed by atoms with van der Waals surface area (Å²) in [6.45, 7) is 1.56. The molecule has 0 aliphatic heterocycles. The van der Waals surface area contributed by atoms with E-state index in [0.29, 0.717) is 5.56 Å². The molecule has 1 aromatic heterocycles. The zero-order valence-corrected chi connectivity index (χ0v) is 13.2. The lowest BCUT2D eigenvalue weighted by atomic mass is 10.1. The molecular formula is C17H18N2O4. The van der Waals surface area contributed by atoms with E-state index in [1.165, 1.54) is 13.3 Å². The number of aromatic nitrogens is 1. The SMILES string of the molecule is COC(=O)C(C)NC(=O)c1ccc(-c2cccc(OC)c2)nc1. The fourth-order valence-electron chi connectivity index (χ4n) is 2.00. The van der Waals surface area contributed by atoms with Gasteiger partial charge in [0.25, 0.3) is 5.91 Å². The van der Waals surface area contributed by atoms with Crippen LogP contribution < -0.4 is 10.1 Å². The fraction of sp³-hybridized carbons (Fsp3) is 0.235. The lowest BCUT2D eigenvalue weighted by Crippen LogP contribution is -2.39. The van der Waals surface area contributed by atoms with Gasteiger partial charge in [0.2, 0.25) is 0 Å². The normalized spacial score (nSPS) is 11.4. The van der Waals surface area contributed by atoms with Crippen LogP contribution in [-0.2, 0) is 9.53 Å². The highest BCUT2D eigenvalue weighted by Crippen LogP contribution is 2.22. The molecule has 120 valence electrons. The Kier molecular flexibility index (Phi) is 5.30. The lowest BCUT2D eigenvalue weighted by Gasteiger charge is -2.11. The van der Waals surface area contributed by atoms with Gasteiger partial charge in [0.05, 0.1) is 25.5 Å². The molecule has 1 atom stereocenters. The van der Waals surface area contributed by atoms with Crippen molar-refractivity contribution in [2.45, 2.75) is 13.0 Å². The number of nitrogens with zero attached hydrogens (tertiary/aromatic N) is 1. The maximum absolute atomic E-state index is 12.0. The van der Waals surface area contributed by atoms with E-state index < -0.39 is 12.0 Å². The van der Waals surface area contributed by atoms with Gasteiger partial charge in [0, 0.05) is 11.8 Å². The fourth-order valence-corrected chi connectivity index (χ4v) is 2.00.